The van der Waals surface area contributed by atoms with E-state index in [4.69, 9.17) is 9.47 Å². The first-order valence-corrected chi connectivity index (χ1v) is 8.64. The summed E-state index contributed by atoms with van der Waals surface area (Å²) in [7, 11) is 0. The number of fused-ring (bicyclic) bond motifs is 1. The number of para-hydroxylation sites is 1. The molecular weight excluding hydrogens is 298 g/mol. The van der Waals surface area contributed by atoms with Crippen LogP contribution in [0.4, 0.5) is 0 Å². The Bertz CT molecular complexity index is 788. The fourth-order valence-corrected chi connectivity index (χ4v) is 3.35. The van der Waals surface area contributed by atoms with Crippen LogP contribution in [0, 0.1) is 12.0 Å². The zero-order valence-electron chi connectivity index (χ0n) is 13.8. The lowest BCUT2D eigenvalue weighted by Crippen LogP contribution is -2.20. The minimum absolute atomic E-state index is 0.586. The average Bonchev–Trinajstić information content (AvgIpc) is 3.05. The van der Waals surface area contributed by atoms with E-state index in [2.05, 4.69) is 41.1 Å². The second-order valence-corrected chi connectivity index (χ2v) is 6.41. The van der Waals surface area contributed by atoms with Gasteiger partial charge < -0.3 is 14.0 Å². The van der Waals surface area contributed by atoms with E-state index < -0.39 is 0 Å². The molecule has 1 aliphatic heterocycles. The topological polar surface area (TPSA) is 23.4 Å². The molecule has 3 aromatic rings. The SMILES string of the molecule is [c]1cn(CC2CCOCC2)c2c(OCc3ccccc3)cccc12. The van der Waals surface area contributed by atoms with Crippen molar-refractivity contribution in [2.45, 2.75) is 26.0 Å². The summed E-state index contributed by atoms with van der Waals surface area (Å²) >= 11 is 0. The van der Waals surface area contributed by atoms with Crippen LogP contribution in [0.1, 0.15) is 18.4 Å². The van der Waals surface area contributed by atoms with Gasteiger partial charge >= 0.3 is 0 Å². The summed E-state index contributed by atoms with van der Waals surface area (Å²) in [6.07, 6.45) is 4.33. The molecule has 3 nitrogen and oxygen atoms in total. The zero-order chi connectivity index (χ0) is 16.2. The van der Waals surface area contributed by atoms with Gasteiger partial charge in [-0.3, -0.25) is 0 Å². The standard InChI is InChI=1S/C21H22NO2/c1-2-5-18(6-3-1)16-24-20-8-4-7-19-9-12-22(21(19)20)15-17-10-13-23-14-11-17/h1-8,12,17H,10-11,13-16H2. The largest absolute Gasteiger partial charge is 0.487 e. The summed E-state index contributed by atoms with van der Waals surface area (Å²) in [6.45, 7) is 3.35. The third kappa shape index (κ3) is 3.31. The van der Waals surface area contributed by atoms with E-state index in [1.807, 2.05) is 24.3 Å². The minimum atomic E-state index is 0.586. The Morgan fingerprint density at radius 3 is 2.71 bits per heavy atom. The maximum Gasteiger partial charge on any atom is 0.144 e. The van der Waals surface area contributed by atoms with E-state index in [0.717, 1.165) is 49.3 Å². The Labute approximate surface area is 142 Å². The van der Waals surface area contributed by atoms with Gasteiger partial charge in [-0.15, -0.1) is 0 Å². The summed E-state index contributed by atoms with van der Waals surface area (Å²) in [4.78, 5) is 0. The summed E-state index contributed by atoms with van der Waals surface area (Å²) in [6, 6.07) is 19.9. The monoisotopic (exact) mass is 320 g/mol. The van der Waals surface area contributed by atoms with Crippen molar-refractivity contribution in [3.05, 3.63) is 66.4 Å². The molecule has 1 radical (unpaired) electrons. The molecule has 0 unspecified atom stereocenters. The van der Waals surface area contributed by atoms with Gasteiger partial charge in [0.15, 0.2) is 0 Å². The molecule has 0 saturated carbocycles. The van der Waals surface area contributed by atoms with Crippen LogP contribution in [0.3, 0.4) is 0 Å². The molecule has 0 aliphatic carbocycles. The van der Waals surface area contributed by atoms with Crippen molar-refractivity contribution in [3.63, 3.8) is 0 Å². The highest BCUT2D eigenvalue weighted by Gasteiger charge is 2.16. The van der Waals surface area contributed by atoms with Gasteiger partial charge in [-0.1, -0.05) is 42.5 Å². The molecule has 4 rings (SSSR count). The lowest BCUT2D eigenvalue weighted by molar-refractivity contribution is 0.0616. The molecule has 0 atom stereocenters. The van der Waals surface area contributed by atoms with E-state index in [-0.39, 0.29) is 0 Å². The summed E-state index contributed by atoms with van der Waals surface area (Å²) in [5.41, 5.74) is 2.33. The maximum atomic E-state index is 6.13. The van der Waals surface area contributed by atoms with Crippen molar-refractivity contribution in [2.75, 3.05) is 13.2 Å². The zero-order valence-corrected chi connectivity index (χ0v) is 13.8. The van der Waals surface area contributed by atoms with E-state index in [1.165, 1.54) is 5.56 Å². The van der Waals surface area contributed by atoms with E-state index in [9.17, 15) is 0 Å². The Balaban J connectivity index is 1.57. The molecule has 1 saturated heterocycles. The van der Waals surface area contributed by atoms with Gasteiger partial charge in [-0.05, 0) is 30.4 Å². The lowest BCUT2D eigenvalue weighted by atomic mass is 10.0. The number of rotatable bonds is 5. The maximum absolute atomic E-state index is 6.13. The van der Waals surface area contributed by atoms with Crippen LogP contribution in [0.25, 0.3) is 10.9 Å². The van der Waals surface area contributed by atoms with Crippen molar-refractivity contribution in [1.29, 1.82) is 0 Å². The molecule has 123 valence electrons. The first-order valence-electron chi connectivity index (χ1n) is 8.64. The smallest absolute Gasteiger partial charge is 0.144 e. The fraction of sp³-hybridized carbons (Fsp3) is 0.333. The molecule has 2 heterocycles. The lowest BCUT2D eigenvalue weighted by Gasteiger charge is -2.23. The van der Waals surface area contributed by atoms with Gasteiger partial charge in [0.05, 0.1) is 5.52 Å². The first-order chi connectivity index (χ1) is 11.9. The van der Waals surface area contributed by atoms with Crippen molar-refractivity contribution >= 4 is 10.9 Å². The Morgan fingerprint density at radius 2 is 1.88 bits per heavy atom. The van der Waals surface area contributed by atoms with Crippen molar-refractivity contribution < 1.29 is 9.47 Å². The number of hydrogen-bond donors (Lipinski definition) is 0. The molecular formula is C21H22NO2. The number of nitrogens with zero attached hydrogens (tertiary/aromatic N) is 1. The first kappa shape index (κ1) is 15.3. The highest BCUT2D eigenvalue weighted by Crippen LogP contribution is 2.29. The molecule has 1 aromatic heterocycles. The van der Waals surface area contributed by atoms with Crippen LogP contribution >= 0.6 is 0 Å². The molecule has 2 aromatic carbocycles. The minimum Gasteiger partial charge on any atom is -0.487 e. The van der Waals surface area contributed by atoms with Crippen LogP contribution < -0.4 is 4.74 Å². The Morgan fingerprint density at radius 1 is 1.04 bits per heavy atom. The third-order valence-corrected chi connectivity index (χ3v) is 4.70. The Kier molecular flexibility index (Phi) is 4.52. The van der Waals surface area contributed by atoms with Crippen LogP contribution in [0.5, 0.6) is 5.75 Å². The van der Waals surface area contributed by atoms with E-state index in [0.29, 0.717) is 12.5 Å². The molecule has 1 aliphatic rings. The van der Waals surface area contributed by atoms with Gasteiger partial charge in [0.25, 0.3) is 0 Å². The van der Waals surface area contributed by atoms with Gasteiger partial charge in [0, 0.05) is 37.4 Å². The van der Waals surface area contributed by atoms with E-state index >= 15 is 0 Å². The highest BCUT2D eigenvalue weighted by atomic mass is 16.5. The van der Waals surface area contributed by atoms with Crippen LogP contribution in [-0.4, -0.2) is 17.8 Å². The van der Waals surface area contributed by atoms with Gasteiger partial charge in [-0.2, -0.15) is 0 Å². The molecule has 1 fully saturated rings. The van der Waals surface area contributed by atoms with E-state index in [1.54, 1.807) is 0 Å². The summed E-state index contributed by atoms with van der Waals surface area (Å²) in [5.74, 6) is 1.61. The van der Waals surface area contributed by atoms with Gasteiger partial charge in [0.1, 0.15) is 12.4 Å². The third-order valence-electron chi connectivity index (χ3n) is 4.70. The summed E-state index contributed by atoms with van der Waals surface area (Å²) < 4.78 is 13.9. The number of ether oxygens (including phenoxy) is 2. The molecule has 0 N–H and O–H groups in total. The second-order valence-electron chi connectivity index (χ2n) is 6.41. The predicted octanol–water partition coefficient (Wildman–Crippen LogP) is 4.45. The quantitative estimate of drug-likeness (QED) is 0.693. The number of hydrogen-bond acceptors (Lipinski definition) is 2. The number of benzene rings is 2. The molecule has 0 spiro atoms. The number of aromatic nitrogens is 1. The highest BCUT2D eigenvalue weighted by molar-refractivity contribution is 5.85. The molecule has 24 heavy (non-hydrogen) atoms. The van der Waals surface area contributed by atoms with Crippen molar-refractivity contribution in [2.24, 2.45) is 5.92 Å². The molecule has 0 bridgehead atoms. The normalized spacial score (nSPS) is 15.7. The predicted molar refractivity (Wildman–Crippen MR) is 95.1 cm³/mol. The Hall–Kier alpha value is -2.26. The van der Waals surface area contributed by atoms with Gasteiger partial charge in [-0.25, -0.2) is 0 Å². The molecule has 0 amide bonds. The van der Waals surface area contributed by atoms with Gasteiger partial charge in [0.2, 0.25) is 0 Å². The molecule has 3 heteroatoms. The average molecular weight is 320 g/mol. The summed E-state index contributed by atoms with van der Waals surface area (Å²) in [5, 5.41) is 1.12. The van der Waals surface area contributed by atoms with Crippen LogP contribution in [-0.2, 0) is 17.9 Å². The fourth-order valence-electron chi connectivity index (χ4n) is 3.35. The van der Waals surface area contributed by atoms with Crippen LogP contribution in [0.2, 0.25) is 0 Å². The van der Waals surface area contributed by atoms with Crippen molar-refractivity contribution in [3.8, 4) is 5.75 Å². The second kappa shape index (κ2) is 7.10. The van der Waals surface area contributed by atoms with Crippen LogP contribution in [0.15, 0.2) is 54.7 Å². The van der Waals surface area contributed by atoms with Crippen molar-refractivity contribution in [1.82, 2.24) is 4.57 Å².